The standard InChI is InChI=1S/C15H18BrN3O3S/c1-2-17-14(20)19-15-18-11-6-10(16)12(7-13(11)23-15)22-8-9-4-3-5-21-9/h6-7,9H,2-5,8H2,1H3,(H2,17,18,19,20). The van der Waals surface area contributed by atoms with Crippen molar-refractivity contribution in [3.8, 4) is 5.75 Å². The first-order valence-electron chi connectivity index (χ1n) is 7.55. The molecule has 1 saturated heterocycles. The highest BCUT2D eigenvalue weighted by atomic mass is 79.9. The van der Waals surface area contributed by atoms with Crippen molar-refractivity contribution in [2.75, 3.05) is 25.1 Å². The number of nitrogens with zero attached hydrogens (tertiary/aromatic N) is 1. The van der Waals surface area contributed by atoms with Gasteiger partial charge in [-0.1, -0.05) is 11.3 Å². The van der Waals surface area contributed by atoms with Crippen molar-refractivity contribution in [2.24, 2.45) is 0 Å². The molecule has 0 spiro atoms. The van der Waals surface area contributed by atoms with Crippen LogP contribution in [0.4, 0.5) is 9.93 Å². The van der Waals surface area contributed by atoms with Crippen molar-refractivity contribution in [2.45, 2.75) is 25.9 Å². The third-order valence-corrected chi connectivity index (χ3v) is 5.00. The van der Waals surface area contributed by atoms with Gasteiger partial charge in [-0.2, -0.15) is 0 Å². The van der Waals surface area contributed by atoms with Gasteiger partial charge in [0.25, 0.3) is 0 Å². The van der Waals surface area contributed by atoms with E-state index in [9.17, 15) is 4.79 Å². The molecule has 3 rings (SSSR count). The summed E-state index contributed by atoms with van der Waals surface area (Å²) in [5.41, 5.74) is 0.818. The fraction of sp³-hybridized carbons (Fsp3) is 0.467. The molecule has 1 atom stereocenters. The fourth-order valence-corrected chi connectivity index (χ4v) is 3.67. The van der Waals surface area contributed by atoms with Gasteiger partial charge in [0.1, 0.15) is 12.4 Å². The summed E-state index contributed by atoms with van der Waals surface area (Å²) in [5.74, 6) is 0.765. The number of hydrogen-bond acceptors (Lipinski definition) is 5. The van der Waals surface area contributed by atoms with Gasteiger partial charge in [-0.15, -0.1) is 0 Å². The first-order valence-corrected chi connectivity index (χ1v) is 9.16. The van der Waals surface area contributed by atoms with Gasteiger partial charge >= 0.3 is 6.03 Å². The lowest BCUT2D eigenvalue weighted by Crippen LogP contribution is -2.28. The van der Waals surface area contributed by atoms with E-state index in [1.54, 1.807) is 0 Å². The highest BCUT2D eigenvalue weighted by molar-refractivity contribution is 9.10. The summed E-state index contributed by atoms with van der Waals surface area (Å²) in [5, 5.41) is 5.97. The number of fused-ring (bicyclic) bond motifs is 1. The Bertz CT molecular complexity index is 701. The van der Waals surface area contributed by atoms with Gasteiger partial charge in [0.15, 0.2) is 5.13 Å². The lowest BCUT2D eigenvalue weighted by molar-refractivity contribution is 0.0677. The van der Waals surface area contributed by atoms with Gasteiger partial charge in [0.2, 0.25) is 0 Å². The predicted octanol–water partition coefficient (Wildman–Crippen LogP) is 3.76. The van der Waals surface area contributed by atoms with Crippen LogP contribution < -0.4 is 15.4 Å². The number of hydrogen-bond donors (Lipinski definition) is 2. The summed E-state index contributed by atoms with van der Waals surface area (Å²) in [4.78, 5) is 16.0. The highest BCUT2D eigenvalue weighted by Gasteiger charge is 2.17. The molecule has 1 unspecified atom stereocenters. The number of carbonyl (C=O) groups excluding carboxylic acids is 1. The van der Waals surface area contributed by atoms with Gasteiger partial charge < -0.3 is 14.8 Å². The normalized spacial score (nSPS) is 17.4. The van der Waals surface area contributed by atoms with Crippen molar-refractivity contribution in [3.05, 3.63) is 16.6 Å². The number of thiazole rings is 1. The molecule has 2 heterocycles. The Morgan fingerprint density at radius 2 is 2.43 bits per heavy atom. The van der Waals surface area contributed by atoms with E-state index in [1.165, 1.54) is 11.3 Å². The maximum absolute atomic E-state index is 11.6. The van der Waals surface area contributed by atoms with Crippen LogP contribution in [0.25, 0.3) is 10.2 Å². The minimum absolute atomic E-state index is 0.175. The van der Waals surface area contributed by atoms with E-state index in [2.05, 4.69) is 31.5 Å². The summed E-state index contributed by atoms with van der Waals surface area (Å²) >= 11 is 4.93. The molecule has 1 aromatic heterocycles. The lowest BCUT2D eigenvalue weighted by Gasteiger charge is -2.12. The average molecular weight is 400 g/mol. The Morgan fingerprint density at radius 3 is 3.17 bits per heavy atom. The number of carbonyl (C=O) groups is 1. The molecule has 6 nitrogen and oxygen atoms in total. The number of urea groups is 1. The fourth-order valence-electron chi connectivity index (χ4n) is 2.35. The number of aromatic nitrogens is 1. The van der Waals surface area contributed by atoms with Crippen molar-refractivity contribution >= 4 is 48.6 Å². The van der Waals surface area contributed by atoms with Crippen LogP contribution in [0.3, 0.4) is 0 Å². The summed E-state index contributed by atoms with van der Waals surface area (Å²) in [6.45, 7) is 3.81. The van der Waals surface area contributed by atoms with Crippen molar-refractivity contribution < 1.29 is 14.3 Å². The number of halogens is 1. The zero-order valence-electron chi connectivity index (χ0n) is 12.7. The first kappa shape index (κ1) is 16.5. The molecule has 0 saturated carbocycles. The molecule has 124 valence electrons. The quantitative estimate of drug-likeness (QED) is 0.802. The average Bonchev–Trinajstić information content (AvgIpc) is 3.13. The predicted molar refractivity (Wildman–Crippen MR) is 94.5 cm³/mol. The summed E-state index contributed by atoms with van der Waals surface area (Å²) in [6.07, 6.45) is 2.31. The van der Waals surface area contributed by atoms with Crippen molar-refractivity contribution in [3.63, 3.8) is 0 Å². The molecule has 0 radical (unpaired) electrons. The van der Waals surface area contributed by atoms with Crippen LogP contribution in [0, 0.1) is 0 Å². The van der Waals surface area contributed by atoms with E-state index in [-0.39, 0.29) is 12.1 Å². The molecule has 2 N–H and O–H groups in total. The lowest BCUT2D eigenvalue weighted by atomic mass is 10.2. The Labute approximate surface area is 146 Å². The maximum Gasteiger partial charge on any atom is 0.321 e. The van der Waals surface area contributed by atoms with Crippen LogP contribution in [0.1, 0.15) is 19.8 Å². The second kappa shape index (κ2) is 7.46. The Morgan fingerprint density at radius 1 is 1.57 bits per heavy atom. The number of rotatable bonds is 5. The molecule has 1 aliphatic rings. The molecule has 1 aliphatic heterocycles. The van der Waals surface area contributed by atoms with Gasteiger partial charge in [-0.3, -0.25) is 5.32 Å². The van der Waals surface area contributed by atoms with Crippen LogP contribution in [-0.2, 0) is 4.74 Å². The smallest absolute Gasteiger partial charge is 0.321 e. The highest BCUT2D eigenvalue weighted by Crippen LogP contribution is 2.35. The number of nitrogens with one attached hydrogen (secondary N) is 2. The zero-order valence-corrected chi connectivity index (χ0v) is 15.1. The van der Waals surface area contributed by atoms with Crippen molar-refractivity contribution in [1.29, 1.82) is 0 Å². The third-order valence-electron chi connectivity index (χ3n) is 3.45. The van der Waals surface area contributed by atoms with E-state index in [1.807, 2.05) is 19.1 Å². The van der Waals surface area contributed by atoms with Gasteiger partial charge in [0.05, 0.1) is 20.8 Å². The summed E-state index contributed by atoms with van der Waals surface area (Å²) in [6, 6.07) is 3.59. The summed E-state index contributed by atoms with van der Waals surface area (Å²) < 4.78 is 13.2. The largest absolute Gasteiger partial charge is 0.490 e. The molecular formula is C15H18BrN3O3S. The SMILES string of the molecule is CCNC(=O)Nc1nc2cc(Br)c(OCC3CCCO3)cc2s1. The molecule has 1 fully saturated rings. The second-order valence-electron chi connectivity index (χ2n) is 5.20. The van der Waals surface area contributed by atoms with E-state index in [0.29, 0.717) is 18.3 Å². The minimum Gasteiger partial charge on any atom is -0.490 e. The van der Waals surface area contributed by atoms with E-state index < -0.39 is 0 Å². The van der Waals surface area contributed by atoms with E-state index >= 15 is 0 Å². The first-order chi connectivity index (χ1) is 11.2. The molecule has 1 aromatic carbocycles. The van der Waals surface area contributed by atoms with Crippen molar-refractivity contribution in [1.82, 2.24) is 10.3 Å². The Balaban J connectivity index is 1.72. The number of anilines is 1. The van der Waals surface area contributed by atoms with Crippen LogP contribution >= 0.6 is 27.3 Å². The Kier molecular flexibility index (Phi) is 5.34. The van der Waals surface area contributed by atoms with E-state index in [4.69, 9.17) is 9.47 Å². The molecule has 0 bridgehead atoms. The second-order valence-corrected chi connectivity index (χ2v) is 7.08. The van der Waals surface area contributed by atoms with Crippen LogP contribution in [-0.4, -0.2) is 36.9 Å². The zero-order chi connectivity index (χ0) is 16.2. The molecule has 8 heteroatoms. The van der Waals surface area contributed by atoms with Gasteiger partial charge in [-0.25, -0.2) is 9.78 Å². The maximum atomic E-state index is 11.6. The number of amides is 2. The third kappa shape index (κ3) is 4.13. The monoisotopic (exact) mass is 399 g/mol. The summed E-state index contributed by atoms with van der Waals surface area (Å²) in [7, 11) is 0. The van der Waals surface area contributed by atoms with Gasteiger partial charge in [0, 0.05) is 19.2 Å². The molecular weight excluding hydrogens is 382 g/mol. The van der Waals surface area contributed by atoms with Crippen LogP contribution in [0.2, 0.25) is 0 Å². The Hall–Kier alpha value is -1.38. The molecule has 0 aliphatic carbocycles. The topological polar surface area (TPSA) is 72.5 Å². The molecule has 2 amide bonds. The van der Waals surface area contributed by atoms with Gasteiger partial charge in [-0.05, 0) is 41.8 Å². The number of ether oxygens (including phenoxy) is 2. The number of benzene rings is 1. The molecule has 2 aromatic rings. The van der Waals surface area contributed by atoms with Crippen LogP contribution in [0.5, 0.6) is 5.75 Å². The van der Waals surface area contributed by atoms with Crippen LogP contribution in [0.15, 0.2) is 16.6 Å². The molecule has 23 heavy (non-hydrogen) atoms. The minimum atomic E-state index is -0.250. The van der Waals surface area contributed by atoms with E-state index in [0.717, 1.165) is 39.9 Å².